The van der Waals surface area contributed by atoms with E-state index in [1.165, 1.54) is 0 Å². The van der Waals surface area contributed by atoms with Gasteiger partial charge in [-0.25, -0.2) is 0 Å². The molecule has 0 aromatic rings. The molecule has 3 heteroatoms. The molecule has 1 fully saturated rings. The van der Waals surface area contributed by atoms with Crippen molar-refractivity contribution in [2.75, 3.05) is 39.8 Å². The molecule has 1 rings (SSSR count). The van der Waals surface area contributed by atoms with E-state index in [1.807, 2.05) is 13.2 Å². The van der Waals surface area contributed by atoms with Gasteiger partial charge >= 0.3 is 0 Å². The van der Waals surface area contributed by atoms with Crippen molar-refractivity contribution in [1.82, 2.24) is 9.80 Å². The molecule has 1 aliphatic rings. The first-order valence-electron chi connectivity index (χ1n) is 6.66. The molecular weight excluding hydrogens is 212 g/mol. The SMILES string of the molecule is C=CN(C)CC1CN(CC)CCO1.CC(C)C. The van der Waals surface area contributed by atoms with Gasteiger partial charge in [0, 0.05) is 26.7 Å². The van der Waals surface area contributed by atoms with E-state index in [0.717, 1.165) is 38.7 Å². The van der Waals surface area contributed by atoms with Crippen molar-refractivity contribution in [2.45, 2.75) is 33.8 Å². The minimum absolute atomic E-state index is 0.344. The molecule has 0 saturated carbocycles. The molecule has 0 aromatic carbocycles. The quantitative estimate of drug-likeness (QED) is 0.753. The van der Waals surface area contributed by atoms with Crippen LogP contribution >= 0.6 is 0 Å². The summed E-state index contributed by atoms with van der Waals surface area (Å²) in [5, 5.41) is 0. The molecule has 3 nitrogen and oxygen atoms in total. The Balaban J connectivity index is 0.000000557. The summed E-state index contributed by atoms with van der Waals surface area (Å²) in [6.07, 6.45) is 2.19. The first kappa shape index (κ1) is 16.5. The molecule has 0 spiro atoms. The van der Waals surface area contributed by atoms with E-state index in [1.54, 1.807) is 0 Å². The van der Waals surface area contributed by atoms with Gasteiger partial charge in [-0.1, -0.05) is 34.3 Å². The molecule has 1 aliphatic heterocycles. The molecule has 0 radical (unpaired) electrons. The molecule has 0 amide bonds. The van der Waals surface area contributed by atoms with Gasteiger partial charge in [0.05, 0.1) is 12.7 Å². The van der Waals surface area contributed by atoms with Gasteiger partial charge < -0.3 is 9.64 Å². The van der Waals surface area contributed by atoms with Crippen molar-refractivity contribution in [2.24, 2.45) is 5.92 Å². The van der Waals surface area contributed by atoms with Gasteiger partial charge in [-0.15, -0.1) is 0 Å². The molecule has 0 N–H and O–H groups in total. The molecule has 1 atom stereocenters. The number of hydrogen-bond donors (Lipinski definition) is 0. The molecule has 17 heavy (non-hydrogen) atoms. The van der Waals surface area contributed by atoms with Crippen molar-refractivity contribution >= 4 is 0 Å². The molecule has 1 saturated heterocycles. The van der Waals surface area contributed by atoms with Crippen molar-refractivity contribution in [1.29, 1.82) is 0 Å². The second-order valence-electron chi connectivity index (χ2n) is 5.24. The van der Waals surface area contributed by atoms with Crippen LogP contribution in [0.15, 0.2) is 12.8 Å². The topological polar surface area (TPSA) is 15.7 Å². The monoisotopic (exact) mass is 242 g/mol. The lowest BCUT2D eigenvalue weighted by Gasteiger charge is -2.33. The number of morpholine rings is 1. The maximum absolute atomic E-state index is 5.65. The fourth-order valence-electron chi connectivity index (χ4n) is 1.57. The number of hydrogen-bond acceptors (Lipinski definition) is 3. The zero-order valence-electron chi connectivity index (χ0n) is 12.3. The van der Waals surface area contributed by atoms with Gasteiger partial charge in [-0.3, -0.25) is 4.90 Å². The summed E-state index contributed by atoms with van der Waals surface area (Å²) in [5.74, 6) is 0.833. The summed E-state index contributed by atoms with van der Waals surface area (Å²) in [6.45, 7) is 17.5. The van der Waals surface area contributed by atoms with Gasteiger partial charge in [-0.05, 0) is 18.7 Å². The Kier molecular flexibility index (Phi) is 9.18. The van der Waals surface area contributed by atoms with Crippen LogP contribution < -0.4 is 0 Å². The van der Waals surface area contributed by atoms with Crippen LogP contribution in [0.3, 0.4) is 0 Å². The van der Waals surface area contributed by atoms with Gasteiger partial charge in [0.15, 0.2) is 0 Å². The van der Waals surface area contributed by atoms with Crippen molar-refractivity contribution in [3.63, 3.8) is 0 Å². The normalized spacial score (nSPS) is 20.7. The lowest BCUT2D eigenvalue weighted by atomic mass is 10.2. The van der Waals surface area contributed by atoms with E-state index in [-0.39, 0.29) is 0 Å². The van der Waals surface area contributed by atoms with Crippen LogP contribution in [0.25, 0.3) is 0 Å². The highest BCUT2D eigenvalue weighted by Crippen LogP contribution is 2.05. The molecule has 0 aromatic heterocycles. The Bertz CT molecular complexity index is 192. The minimum Gasteiger partial charge on any atom is -0.378 e. The summed E-state index contributed by atoms with van der Waals surface area (Å²) in [5.41, 5.74) is 0. The molecule has 1 heterocycles. The van der Waals surface area contributed by atoms with Crippen LogP contribution in [0.1, 0.15) is 27.7 Å². The zero-order valence-corrected chi connectivity index (χ0v) is 12.3. The Labute approximate surface area is 107 Å². The zero-order chi connectivity index (χ0) is 13.3. The van der Waals surface area contributed by atoms with E-state index in [4.69, 9.17) is 4.74 Å². The third-order valence-corrected chi connectivity index (χ3v) is 2.47. The Hall–Kier alpha value is -0.540. The highest BCUT2D eigenvalue weighted by Gasteiger charge is 2.19. The summed E-state index contributed by atoms with van der Waals surface area (Å²) >= 11 is 0. The first-order chi connectivity index (χ1) is 7.99. The van der Waals surface area contributed by atoms with Crippen molar-refractivity contribution in [3.8, 4) is 0 Å². The maximum Gasteiger partial charge on any atom is 0.0876 e. The fourth-order valence-corrected chi connectivity index (χ4v) is 1.57. The van der Waals surface area contributed by atoms with Crippen molar-refractivity contribution < 1.29 is 4.74 Å². The number of nitrogens with zero attached hydrogens (tertiary/aromatic N) is 2. The Morgan fingerprint density at radius 1 is 1.47 bits per heavy atom. The Morgan fingerprint density at radius 3 is 2.53 bits per heavy atom. The van der Waals surface area contributed by atoms with Gasteiger partial charge in [0.25, 0.3) is 0 Å². The van der Waals surface area contributed by atoms with E-state index in [9.17, 15) is 0 Å². The van der Waals surface area contributed by atoms with Crippen LogP contribution in [0.2, 0.25) is 0 Å². The number of likely N-dealkylation sites (N-methyl/N-ethyl adjacent to an activating group) is 2. The van der Waals surface area contributed by atoms with Crippen LogP contribution in [0, 0.1) is 5.92 Å². The lowest BCUT2D eigenvalue weighted by molar-refractivity contribution is -0.0344. The lowest BCUT2D eigenvalue weighted by Crippen LogP contribution is -2.45. The second kappa shape index (κ2) is 9.49. The molecule has 0 bridgehead atoms. The summed E-state index contributed by atoms with van der Waals surface area (Å²) in [6, 6.07) is 0. The third kappa shape index (κ3) is 9.19. The van der Waals surface area contributed by atoms with Crippen LogP contribution in [0.5, 0.6) is 0 Å². The minimum atomic E-state index is 0.344. The molecular formula is C14H30N2O. The molecule has 0 aliphatic carbocycles. The van der Waals surface area contributed by atoms with Crippen molar-refractivity contribution in [3.05, 3.63) is 12.8 Å². The summed E-state index contributed by atoms with van der Waals surface area (Å²) < 4.78 is 5.65. The summed E-state index contributed by atoms with van der Waals surface area (Å²) in [7, 11) is 2.03. The average molecular weight is 242 g/mol. The standard InChI is InChI=1S/C10H20N2O.C4H10/c1-4-11(3)8-10-9-12(5-2)6-7-13-10;1-4(2)3/h4,10H,1,5-9H2,2-3H3;4H,1-3H3. The summed E-state index contributed by atoms with van der Waals surface area (Å²) in [4.78, 5) is 4.49. The number of rotatable bonds is 4. The second-order valence-corrected chi connectivity index (χ2v) is 5.24. The van der Waals surface area contributed by atoms with Gasteiger partial charge in [0.2, 0.25) is 0 Å². The highest BCUT2D eigenvalue weighted by molar-refractivity contribution is 4.76. The Morgan fingerprint density at radius 2 is 2.06 bits per heavy atom. The van der Waals surface area contributed by atoms with Gasteiger partial charge in [0.1, 0.15) is 0 Å². The van der Waals surface area contributed by atoms with Crippen LogP contribution in [-0.2, 0) is 4.74 Å². The van der Waals surface area contributed by atoms with Crippen LogP contribution in [-0.4, -0.2) is 55.7 Å². The van der Waals surface area contributed by atoms with E-state index < -0.39 is 0 Å². The van der Waals surface area contributed by atoms with E-state index >= 15 is 0 Å². The van der Waals surface area contributed by atoms with E-state index in [0.29, 0.717) is 6.10 Å². The maximum atomic E-state index is 5.65. The molecule has 1 unspecified atom stereocenters. The molecule has 102 valence electrons. The predicted molar refractivity (Wildman–Crippen MR) is 75.2 cm³/mol. The highest BCUT2D eigenvalue weighted by atomic mass is 16.5. The van der Waals surface area contributed by atoms with Gasteiger partial charge in [-0.2, -0.15) is 0 Å². The smallest absolute Gasteiger partial charge is 0.0876 e. The van der Waals surface area contributed by atoms with E-state index in [2.05, 4.69) is 44.1 Å². The number of ether oxygens (including phenoxy) is 1. The largest absolute Gasteiger partial charge is 0.378 e. The average Bonchev–Trinajstić information content (AvgIpc) is 2.28. The first-order valence-corrected chi connectivity index (χ1v) is 6.66. The third-order valence-electron chi connectivity index (χ3n) is 2.47. The predicted octanol–water partition coefficient (Wildman–Crippen LogP) is 2.44. The fraction of sp³-hybridized carbons (Fsp3) is 0.857. The van der Waals surface area contributed by atoms with Crippen LogP contribution in [0.4, 0.5) is 0 Å².